The molecule has 2 aromatic rings. The van der Waals surface area contributed by atoms with E-state index in [4.69, 9.17) is 5.84 Å². The maximum absolute atomic E-state index is 13.4. The van der Waals surface area contributed by atoms with Crippen molar-refractivity contribution < 1.29 is 4.39 Å². The van der Waals surface area contributed by atoms with Gasteiger partial charge in [0.15, 0.2) is 0 Å². The van der Waals surface area contributed by atoms with E-state index in [-0.39, 0.29) is 11.9 Å². The molecule has 110 valence electrons. The molecule has 4 heteroatoms. The molecule has 0 heterocycles. The van der Waals surface area contributed by atoms with Crippen LogP contribution < -0.4 is 11.3 Å². The Kier molecular flexibility index (Phi) is 4.38. The van der Waals surface area contributed by atoms with E-state index in [0.717, 1.165) is 22.9 Å². The van der Waals surface area contributed by atoms with Crippen molar-refractivity contribution in [1.29, 1.82) is 0 Å². The highest BCUT2D eigenvalue weighted by Gasteiger charge is 2.43. The smallest absolute Gasteiger partial charge is 0.123 e. The first-order valence-electron chi connectivity index (χ1n) is 7.14. The van der Waals surface area contributed by atoms with Crippen molar-refractivity contribution in [2.24, 2.45) is 11.8 Å². The van der Waals surface area contributed by atoms with Crippen molar-refractivity contribution in [3.63, 3.8) is 0 Å². The number of hydrogen-bond acceptors (Lipinski definition) is 2. The Morgan fingerprint density at radius 3 is 2.71 bits per heavy atom. The number of hydrazine groups is 1. The normalized spacial score (nSPS) is 22.0. The lowest BCUT2D eigenvalue weighted by molar-refractivity contribution is 0.462. The van der Waals surface area contributed by atoms with Crippen LogP contribution in [0.1, 0.15) is 23.5 Å². The molecule has 3 N–H and O–H groups in total. The quantitative estimate of drug-likeness (QED) is 0.637. The molecule has 0 spiro atoms. The number of rotatable bonds is 5. The van der Waals surface area contributed by atoms with Gasteiger partial charge >= 0.3 is 0 Å². The third kappa shape index (κ3) is 3.34. The Morgan fingerprint density at radius 1 is 1.24 bits per heavy atom. The molecule has 0 bridgehead atoms. The van der Waals surface area contributed by atoms with Crippen LogP contribution in [0.15, 0.2) is 53.0 Å². The van der Waals surface area contributed by atoms with Gasteiger partial charge in [0, 0.05) is 10.5 Å². The third-order valence-electron chi connectivity index (χ3n) is 4.25. The molecular formula is C17H18BrFN2. The number of nitrogens with one attached hydrogen (secondary N) is 1. The van der Waals surface area contributed by atoms with Crippen molar-refractivity contribution >= 4 is 15.9 Å². The molecule has 2 aromatic carbocycles. The van der Waals surface area contributed by atoms with E-state index < -0.39 is 0 Å². The summed E-state index contributed by atoms with van der Waals surface area (Å²) < 4.78 is 14.3. The molecule has 1 fully saturated rings. The highest BCUT2D eigenvalue weighted by Crippen LogP contribution is 2.50. The summed E-state index contributed by atoms with van der Waals surface area (Å²) in [5.74, 6) is 6.58. The van der Waals surface area contributed by atoms with Gasteiger partial charge in [-0.3, -0.25) is 11.3 Å². The summed E-state index contributed by atoms with van der Waals surface area (Å²) in [4.78, 5) is 0. The number of nitrogens with two attached hydrogens (primary N) is 1. The fourth-order valence-corrected chi connectivity index (χ4v) is 3.42. The molecule has 2 nitrogen and oxygen atoms in total. The van der Waals surface area contributed by atoms with Gasteiger partial charge in [0.2, 0.25) is 0 Å². The van der Waals surface area contributed by atoms with Crippen LogP contribution in [-0.4, -0.2) is 6.04 Å². The van der Waals surface area contributed by atoms with Gasteiger partial charge in [-0.2, -0.15) is 0 Å². The molecule has 1 aliphatic rings. The monoisotopic (exact) mass is 348 g/mol. The van der Waals surface area contributed by atoms with Crippen molar-refractivity contribution in [1.82, 2.24) is 5.43 Å². The lowest BCUT2D eigenvalue weighted by Gasteiger charge is -2.17. The Bertz CT molecular complexity index is 617. The predicted octanol–water partition coefficient (Wildman–Crippen LogP) is 3.77. The van der Waals surface area contributed by atoms with Crippen LogP contribution in [0.3, 0.4) is 0 Å². The summed E-state index contributed by atoms with van der Waals surface area (Å²) >= 11 is 3.48. The number of halogens is 2. The molecule has 0 amide bonds. The molecule has 21 heavy (non-hydrogen) atoms. The first-order valence-corrected chi connectivity index (χ1v) is 7.93. The van der Waals surface area contributed by atoms with Gasteiger partial charge in [-0.1, -0.05) is 46.3 Å². The summed E-state index contributed by atoms with van der Waals surface area (Å²) in [6.07, 6.45) is 1.86. The van der Waals surface area contributed by atoms with E-state index in [9.17, 15) is 4.39 Å². The van der Waals surface area contributed by atoms with Crippen LogP contribution in [0.4, 0.5) is 4.39 Å². The van der Waals surface area contributed by atoms with Gasteiger partial charge in [-0.05, 0) is 54.0 Å². The topological polar surface area (TPSA) is 38.0 Å². The van der Waals surface area contributed by atoms with E-state index in [2.05, 4.69) is 45.6 Å². The minimum Gasteiger partial charge on any atom is -0.271 e. The zero-order valence-corrected chi connectivity index (χ0v) is 13.2. The Hall–Kier alpha value is -1.23. The van der Waals surface area contributed by atoms with Crippen molar-refractivity contribution in [2.45, 2.75) is 24.8 Å². The highest BCUT2D eigenvalue weighted by atomic mass is 79.9. The van der Waals surface area contributed by atoms with E-state index in [0.29, 0.717) is 11.8 Å². The largest absolute Gasteiger partial charge is 0.271 e. The van der Waals surface area contributed by atoms with Crippen LogP contribution in [0.2, 0.25) is 0 Å². The Labute approximate surface area is 132 Å². The number of benzene rings is 2. The van der Waals surface area contributed by atoms with Crippen LogP contribution in [0.25, 0.3) is 0 Å². The summed E-state index contributed by atoms with van der Waals surface area (Å²) in [5.41, 5.74) is 5.23. The minimum atomic E-state index is -0.209. The molecule has 0 aliphatic heterocycles. The van der Waals surface area contributed by atoms with E-state index in [1.165, 1.54) is 11.6 Å². The van der Waals surface area contributed by atoms with E-state index in [1.54, 1.807) is 12.1 Å². The average molecular weight is 349 g/mol. The molecule has 3 rings (SSSR count). The van der Waals surface area contributed by atoms with Gasteiger partial charge < -0.3 is 0 Å². The molecule has 0 aromatic heterocycles. The fourth-order valence-electron chi connectivity index (χ4n) is 3.01. The van der Waals surface area contributed by atoms with Gasteiger partial charge in [-0.15, -0.1) is 0 Å². The second-order valence-electron chi connectivity index (χ2n) is 5.63. The van der Waals surface area contributed by atoms with Crippen LogP contribution in [-0.2, 0) is 6.42 Å². The van der Waals surface area contributed by atoms with Gasteiger partial charge in [0.25, 0.3) is 0 Å². The predicted molar refractivity (Wildman–Crippen MR) is 86.2 cm³/mol. The first kappa shape index (κ1) is 14.7. The lowest BCUT2D eigenvalue weighted by atomic mass is 9.99. The maximum atomic E-state index is 13.4. The molecule has 0 radical (unpaired) electrons. The van der Waals surface area contributed by atoms with Gasteiger partial charge in [-0.25, -0.2) is 4.39 Å². The van der Waals surface area contributed by atoms with Crippen LogP contribution in [0, 0.1) is 11.7 Å². The zero-order chi connectivity index (χ0) is 14.8. The number of hydrogen-bond donors (Lipinski definition) is 2. The second kappa shape index (κ2) is 6.26. The third-order valence-corrected chi connectivity index (χ3v) is 5.02. The molecule has 3 unspecified atom stereocenters. The summed E-state index contributed by atoms with van der Waals surface area (Å²) in [5, 5.41) is 0. The van der Waals surface area contributed by atoms with Crippen LogP contribution >= 0.6 is 15.9 Å². The van der Waals surface area contributed by atoms with Crippen molar-refractivity contribution in [3.8, 4) is 0 Å². The second-order valence-corrected chi connectivity index (χ2v) is 6.48. The Morgan fingerprint density at radius 2 is 2.00 bits per heavy atom. The summed E-state index contributed by atoms with van der Waals surface area (Å²) in [6.45, 7) is 0. The van der Waals surface area contributed by atoms with Gasteiger partial charge in [0.05, 0.1) is 0 Å². The molecule has 3 atom stereocenters. The minimum absolute atomic E-state index is 0.160. The van der Waals surface area contributed by atoms with Gasteiger partial charge in [0.1, 0.15) is 5.82 Å². The highest BCUT2D eigenvalue weighted by molar-refractivity contribution is 9.10. The fraction of sp³-hybridized carbons (Fsp3) is 0.294. The SMILES string of the molecule is NNC(Cc1cc(F)ccc1Br)C1CC1c1ccccc1. The maximum Gasteiger partial charge on any atom is 0.123 e. The van der Waals surface area contributed by atoms with E-state index in [1.807, 2.05) is 6.07 Å². The summed E-state index contributed by atoms with van der Waals surface area (Å²) in [7, 11) is 0. The molecule has 1 saturated carbocycles. The molecule has 1 aliphatic carbocycles. The Balaban J connectivity index is 1.71. The summed E-state index contributed by atoms with van der Waals surface area (Å²) in [6, 6.07) is 15.4. The lowest BCUT2D eigenvalue weighted by Crippen LogP contribution is -2.39. The van der Waals surface area contributed by atoms with Crippen molar-refractivity contribution in [3.05, 3.63) is 69.9 Å². The average Bonchev–Trinajstić information content (AvgIpc) is 3.29. The molecule has 0 saturated heterocycles. The standard InChI is InChI=1S/C17H18BrFN2/c18-16-7-6-13(19)8-12(16)9-17(21-20)15-10-14(15)11-4-2-1-3-5-11/h1-8,14-15,17,21H,9-10,20H2. The van der Waals surface area contributed by atoms with Crippen LogP contribution in [0.5, 0.6) is 0 Å². The van der Waals surface area contributed by atoms with Crippen molar-refractivity contribution in [2.75, 3.05) is 0 Å². The zero-order valence-electron chi connectivity index (χ0n) is 11.6. The first-order chi connectivity index (χ1) is 10.2. The van der Waals surface area contributed by atoms with E-state index >= 15 is 0 Å². The molecular weight excluding hydrogens is 331 g/mol.